The van der Waals surface area contributed by atoms with Gasteiger partial charge in [-0.05, 0) is 54.9 Å². The minimum absolute atomic E-state index is 0.522. The van der Waals surface area contributed by atoms with Gasteiger partial charge in [-0.15, -0.1) is 23.5 Å². The molecule has 2 saturated heterocycles. The van der Waals surface area contributed by atoms with Crippen molar-refractivity contribution < 1.29 is 4.74 Å². The van der Waals surface area contributed by atoms with Crippen molar-refractivity contribution in [2.75, 3.05) is 31.7 Å². The molecule has 3 heterocycles. The molecule has 0 amide bonds. The number of thioether (sulfide) groups is 2. The number of ether oxygens (including phenoxy) is 1. The molecule has 5 heteroatoms. The Bertz CT molecular complexity index is 818. The number of nitrogens with zero attached hydrogens (tertiary/aromatic N) is 2. The molecule has 31 heavy (non-hydrogen) atoms. The van der Waals surface area contributed by atoms with Crippen molar-refractivity contribution in [1.82, 2.24) is 9.47 Å². The Morgan fingerprint density at radius 3 is 2.48 bits per heavy atom. The summed E-state index contributed by atoms with van der Waals surface area (Å²) >= 11 is 4.48. The Morgan fingerprint density at radius 2 is 1.74 bits per heavy atom. The van der Waals surface area contributed by atoms with E-state index in [2.05, 4.69) is 64.3 Å². The second kappa shape index (κ2) is 11.4. The first-order valence-electron chi connectivity index (χ1n) is 12.4. The van der Waals surface area contributed by atoms with Gasteiger partial charge in [0.15, 0.2) is 0 Å². The average Bonchev–Trinajstić information content (AvgIpc) is 3.15. The number of benzene rings is 1. The number of rotatable bonds is 10. The van der Waals surface area contributed by atoms with Crippen LogP contribution in [0.5, 0.6) is 5.75 Å². The van der Waals surface area contributed by atoms with Crippen LogP contribution in [0.15, 0.2) is 24.4 Å². The van der Waals surface area contributed by atoms with Gasteiger partial charge in [0.1, 0.15) is 5.75 Å². The van der Waals surface area contributed by atoms with Gasteiger partial charge in [-0.25, -0.2) is 0 Å². The second-order valence-corrected chi connectivity index (χ2v) is 12.5. The van der Waals surface area contributed by atoms with Gasteiger partial charge in [0.05, 0.1) is 16.7 Å². The molecule has 1 aromatic carbocycles. The molecule has 0 aliphatic carbocycles. The smallest absolute Gasteiger partial charge is 0.120 e. The van der Waals surface area contributed by atoms with E-state index in [1.807, 2.05) is 0 Å². The van der Waals surface area contributed by atoms with Crippen LogP contribution in [0.1, 0.15) is 70.3 Å². The van der Waals surface area contributed by atoms with Crippen LogP contribution in [0.25, 0.3) is 10.9 Å². The van der Waals surface area contributed by atoms with Crippen LogP contribution in [0, 0.1) is 0 Å². The topological polar surface area (TPSA) is 17.4 Å². The fraction of sp³-hybridized carbons (Fsp3) is 0.692. The average molecular weight is 461 g/mol. The number of aromatic nitrogens is 1. The van der Waals surface area contributed by atoms with E-state index in [0.717, 1.165) is 18.8 Å². The van der Waals surface area contributed by atoms with Crippen LogP contribution in [0.4, 0.5) is 0 Å². The zero-order chi connectivity index (χ0) is 21.5. The van der Waals surface area contributed by atoms with E-state index in [1.54, 1.807) is 7.11 Å². The van der Waals surface area contributed by atoms with Crippen LogP contribution >= 0.6 is 23.5 Å². The summed E-state index contributed by atoms with van der Waals surface area (Å²) < 4.78 is 8.55. The minimum atomic E-state index is 0.522. The van der Waals surface area contributed by atoms with Crippen molar-refractivity contribution in [2.45, 2.75) is 81.9 Å². The summed E-state index contributed by atoms with van der Waals surface area (Å²) in [5, 5.41) is 1.41. The number of unbranched alkanes of at least 4 members (excludes halogenated alkanes) is 5. The summed E-state index contributed by atoms with van der Waals surface area (Å²) in [6, 6.07) is 6.64. The Morgan fingerprint density at radius 1 is 1.00 bits per heavy atom. The van der Waals surface area contributed by atoms with E-state index in [0.29, 0.717) is 4.08 Å². The van der Waals surface area contributed by atoms with Gasteiger partial charge in [0.25, 0.3) is 0 Å². The number of hydrogen-bond acceptors (Lipinski definition) is 4. The summed E-state index contributed by atoms with van der Waals surface area (Å²) in [6.07, 6.45) is 14.6. The molecule has 0 N–H and O–H groups in total. The van der Waals surface area contributed by atoms with Gasteiger partial charge in [0.2, 0.25) is 0 Å². The first kappa shape index (κ1) is 23.4. The lowest BCUT2D eigenvalue weighted by Crippen LogP contribution is -2.41. The largest absolute Gasteiger partial charge is 0.497 e. The van der Waals surface area contributed by atoms with Crippen molar-refractivity contribution >= 4 is 34.4 Å². The summed E-state index contributed by atoms with van der Waals surface area (Å²) in [5.41, 5.74) is 2.83. The van der Waals surface area contributed by atoms with Crippen molar-refractivity contribution in [2.24, 2.45) is 0 Å². The van der Waals surface area contributed by atoms with Crippen LogP contribution in [-0.2, 0) is 13.1 Å². The van der Waals surface area contributed by atoms with E-state index in [-0.39, 0.29) is 0 Å². The molecule has 0 atom stereocenters. The zero-order valence-electron chi connectivity index (χ0n) is 19.5. The van der Waals surface area contributed by atoms with Gasteiger partial charge in [0, 0.05) is 43.8 Å². The second-order valence-electron chi connectivity index (χ2n) is 9.24. The highest BCUT2D eigenvalue weighted by Gasteiger charge is 2.37. The quantitative estimate of drug-likeness (QED) is 0.349. The molecule has 2 aromatic rings. The molecular formula is C26H40N2OS2. The summed E-state index contributed by atoms with van der Waals surface area (Å²) in [7, 11) is 1.77. The van der Waals surface area contributed by atoms with E-state index < -0.39 is 0 Å². The molecule has 2 aliphatic heterocycles. The maximum atomic E-state index is 5.54. The van der Waals surface area contributed by atoms with Gasteiger partial charge in [-0.3, -0.25) is 4.90 Å². The van der Waals surface area contributed by atoms with Gasteiger partial charge >= 0.3 is 0 Å². The fourth-order valence-corrected chi connectivity index (χ4v) is 8.33. The van der Waals surface area contributed by atoms with Gasteiger partial charge < -0.3 is 9.30 Å². The highest BCUT2D eigenvalue weighted by atomic mass is 32.2. The molecule has 0 bridgehead atoms. The Kier molecular flexibility index (Phi) is 8.58. The molecule has 3 nitrogen and oxygen atoms in total. The number of piperidine rings is 1. The van der Waals surface area contributed by atoms with Crippen LogP contribution < -0.4 is 4.74 Å². The predicted octanol–water partition coefficient (Wildman–Crippen LogP) is 7.17. The molecule has 0 saturated carbocycles. The van der Waals surface area contributed by atoms with Crippen LogP contribution in [0.2, 0.25) is 0 Å². The lowest BCUT2D eigenvalue weighted by atomic mass is 10.1. The van der Waals surface area contributed by atoms with Crippen molar-refractivity contribution in [3.63, 3.8) is 0 Å². The lowest BCUT2D eigenvalue weighted by Gasteiger charge is -2.43. The first-order valence-corrected chi connectivity index (χ1v) is 14.4. The Hall–Kier alpha value is -0.780. The Balaban J connectivity index is 1.41. The minimum Gasteiger partial charge on any atom is -0.497 e. The molecule has 1 aromatic heterocycles. The van der Waals surface area contributed by atoms with Gasteiger partial charge in [-0.1, -0.05) is 39.0 Å². The number of fused-ring (bicyclic) bond motifs is 1. The third-order valence-electron chi connectivity index (χ3n) is 6.96. The van der Waals surface area contributed by atoms with E-state index in [9.17, 15) is 0 Å². The standard InChI is InChI=1S/C26H40N2OS2/c1-3-4-5-6-7-8-14-28-21-22(24-11-10-23(29-2)19-25(24)28)20-27-15-12-26(13-16-27)30-17-9-18-31-26/h10-11,19,21H,3-9,12-18,20H2,1-2H3. The third-order valence-corrected chi connectivity index (χ3v) is 10.5. The van der Waals surface area contributed by atoms with Crippen molar-refractivity contribution in [3.05, 3.63) is 30.0 Å². The molecule has 0 unspecified atom stereocenters. The van der Waals surface area contributed by atoms with Crippen molar-refractivity contribution in [3.8, 4) is 5.75 Å². The summed E-state index contributed by atoms with van der Waals surface area (Å²) in [6.45, 7) is 6.96. The zero-order valence-corrected chi connectivity index (χ0v) is 21.2. The van der Waals surface area contributed by atoms with Crippen LogP contribution in [0.3, 0.4) is 0 Å². The molecule has 2 fully saturated rings. The lowest BCUT2D eigenvalue weighted by molar-refractivity contribution is 0.218. The Labute approximate surface area is 197 Å². The van der Waals surface area contributed by atoms with Crippen molar-refractivity contribution in [1.29, 1.82) is 0 Å². The fourth-order valence-electron chi connectivity index (χ4n) is 5.05. The van der Waals surface area contributed by atoms with Crippen LogP contribution in [-0.4, -0.2) is 45.3 Å². The number of methoxy groups -OCH3 is 1. The maximum absolute atomic E-state index is 5.54. The SMILES string of the molecule is CCCCCCCCn1cc(CN2CCC3(CC2)SCCCS3)c2ccc(OC)cc21. The third kappa shape index (κ3) is 5.97. The normalized spacial score (nSPS) is 19.3. The molecule has 2 aliphatic rings. The number of likely N-dealkylation sites (tertiary alicyclic amines) is 1. The molecule has 4 rings (SSSR count). The molecule has 0 radical (unpaired) electrons. The molecular weight excluding hydrogens is 420 g/mol. The van der Waals surface area contributed by atoms with Gasteiger partial charge in [-0.2, -0.15) is 0 Å². The maximum Gasteiger partial charge on any atom is 0.120 e. The highest BCUT2D eigenvalue weighted by Crippen LogP contribution is 2.49. The number of hydrogen-bond donors (Lipinski definition) is 0. The monoisotopic (exact) mass is 460 g/mol. The molecule has 1 spiro atoms. The van der Waals surface area contributed by atoms with E-state index in [1.165, 1.54) is 98.8 Å². The highest BCUT2D eigenvalue weighted by molar-refractivity contribution is 8.18. The summed E-state index contributed by atoms with van der Waals surface area (Å²) in [5.74, 6) is 3.69. The summed E-state index contributed by atoms with van der Waals surface area (Å²) in [4.78, 5) is 2.69. The predicted molar refractivity (Wildman–Crippen MR) is 139 cm³/mol. The van der Waals surface area contributed by atoms with E-state index >= 15 is 0 Å². The molecule has 172 valence electrons. The number of aryl methyl sites for hydroxylation is 1. The van der Waals surface area contributed by atoms with E-state index in [4.69, 9.17) is 4.74 Å². The first-order chi connectivity index (χ1) is 15.2.